The van der Waals surface area contributed by atoms with Crippen molar-refractivity contribution in [2.24, 2.45) is 0 Å². The zero-order chi connectivity index (χ0) is 14.0. The molecule has 0 aliphatic carbocycles. The fraction of sp³-hybridized carbons (Fsp3) is 0.533. The molecule has 0 saturated heterocycles. The molecule has 1 aromatic rings. The Labute approximate surface area is 119 Å². The molecule has 0 fully saturated rings. The maximum absolute atomic E-state index is 11.0. The van der Waals surface area contributed by atoms with Gasteiger partial charge in [-0.1, -0.05) is 18.2 Å². The number of nitrogens with zero attached hydrogens (tertiary/aromatic N) is 1. The third-order valence-corrected chi connectivity index (χ3v) is 4.71. The zero-order valence-corrected chi connectivity index (χ0v) is 12.5. The van der Waals surface area contributed by atoms with Crippen LogP contribution in [-0.4, -0.2) is 39.9 Å². The van der Waals surface area contributed by atoms with Crippen molar-refractivity contribution in [3.8, 4) is 0 Å². The lowest BCUT2D eigenvalue weighted by Crippen LogP contribution is -2.47. The first-order valence-corrected chi connectivity index (χ1v) is 7.45. The zero-order valence-electron chi connectivity index (χ0n) is 11.7. The molecule has 1 heterocycles. The van der Waals surface area contributed by atoms with Gasteiger partial charge in [0.2, 0.25) is 0 Å². The Kier molecular flexibility index (Phi) is 4.21. The van der Waals surface area contributed by atoms with Crippen LogP contribution in [0.2, 0.25) is 0 Å². The Hall–Kier alpha value is -1.00. The molecule has 1 unspecified atom stereocenters. The highest BCUT2D eigenvalue weighted by atomic mass is 32.2. The molecule has 0 aromatic heterocycles. The van der Waals surface area contributed by atoms with Crippen molar-refractivity contribution in [3.63, 3.8) is 0 Å². The molecule has 19 heavy (non-hydrogen) atoms. The average Bonchev–Trinajstić information content (AvgIpc) is 2.68. The van der Waals surface area contributed by atoms with E-state index in [0.717, 1.165) is 13.0 Å². The monoisotopic (exact) mass is 279 g/mol. The van der Waals surface area contributed by atoms with Crippen LogP contribution in [0.25, 0.3) is 0 Å². The van der Waals surface area contributed by atoms with E-state index in [1.165, 1.54) is 10.5 Å². The largest absolute Gasteiger partial charge is 0.480 e. The van der Waals surface area contributed by atoms with Crippen LogP contribution in [0.15, 0.2) is 29.2 Å². The van der Waals surface area contributed by atoms with Gasteiger partial charge in [0.25, 0.3) is 0 Å². The van der Waals surface area contributed by atoms with Crippen molar-refractivity contribution >= 4 is 17.7 Å². The van der Waals surface area contributed by atoms with Crippen LogP contribution in [0, 0.1) is 0 Å². The molecule has 3 nitrogen and oxygen atoms in total. The fourth-order valence-electron chi connectivity index (χ4n) is 2.34. The molecule has 104 valence electrons. The lowest BCUT2D eigenvalue weighted by Gasteiger charge is -2.35. The van der Waals surface area contributed by atoms with Crippen LogP contribution < -0.4 is 0 Å². The fourth-order valence-corrected chi connectivity index (χ4v) is 3.68. The molecule has 1 atom stereocenters. The number of rotatable bonds is 4. The van der Waals surface area contributed by atoms with E-state index < -0.39 is 5.97 Å². The smallest absolute Gasteiger partial charge is 0.317 e. The molecule has 4 heteroatoms. The van der Waals surface area contributed by atoms with Gasteiger partial charge in [0.15, 0.2) is 0 Å². The number of carbonyl (C=O) groups is 1. The van der Waals surface area contributed by atoms with Gasteiger partial charge in [-0.15, -0.1) is 11.8 Å². The normalized spacial score (nSPS) is 18.6. The third kappa shape index (κ3) is 3.74. The number of thioether (sulfide) groups is 1. The van der Waals surface area contributed by atoms with Gasteiger partial charge < -0.3 is 5.11 Å². The Morgan fingerprint density at radius 1 is 1.42 bits per heavy atom. The van der Waals surface area contributed by atoms with E-state index in [2.05, 4.69) is 49.9 Å². The minimum Gasteiger partial charge on any atom is -0.480 e. The minimum atomic E-state index is -0.754. The average molecular weight is 279 g/mol. The molecule has 1 aliphatic rings. The highest BCUT2D eigenvalue weighted by Gasteiger charge is 2.29. The topological polar surface area (TPSA) is 40.5 Å². The summed E-state index contributed by atoms with van der Waals surface area (Å²) < 4.78 is 0. The third-order valence-electron chi connectivity index (χ3n) is 3.41. The molecule has 1 aromatic carbocycles. The summed E-state index contributed by atoms with van der Waals surface area (Å²) in [6.07, 6.45) is 1.03. The molecule has 0 bridgehead atoms. The van der Waals surface area contributed by atoms with Gasteiger partial charge in [-0.2, -0.15) is 0 Å². The highest BCUT2D eigenvalue weighted by molar-refractivity contribution is 8.00. The second-order valence-electron chi connectivity index (χ2n) is 6.00. The molecule has 0 radical (unpaired) electrons. The predicted octanol–water partition coefficient (Wildman–Crippen LogP) is 2.89. The van der Waals surface area contributed by atoms with Gasteiger partial charge in [0, 0.05) is 22.2 Å². The molecule has 0 saturated carbocycles. The number of hydrogen-bond acceptors (Lipinski definition) is 3. The van der Waals surface area contributed by atoms with Crippen molar-refractivity contribution in [1.82, 2.24) is 4.90 Å². The molecule has 0 spiro atoms. The van der Waals surface area contributed by atoms with Crippen molar-refractivity contribution in [2.45, 2.75) is 42.9 Å². The van der Waals surface area contributed by atoms with Crippen molar-refractivity contribution in [1.29, 1.82) is 0 Å². The first kappa shape index (κ1) is 14.4. The van der Waals surface area contributed by atoms with Crippen LogP contribution in [0.5, 0.6) is 0 Å². The number of hydrogen-bond donors (Lipinski definition) is 1. The predicted molar refractivity (Wildman–Crippen MR) is 78.8 cm³/mol. The maximum Gasteiger partial charge on any atom is 0.317 e. The summed E-state index contributed by atoms with van der Waals surface area (Å²) in [7, 11) is 0. The summed E-state index contributed by atoms with van der Waals surface area (Å²) in [4.78, 5) is 14.4. The van der Waals surface area contributed by atoms with E-state index in [-0.39, 0.29) is 12.1 Å². The Bertz CT molecular complexity index is 442. The summed E-state index contributed by atoms with van der Waals surface area (Å²) >= 11 is 1.87. The van der Waals surface area contributed by atoms with E-state index in [9.17, 15) is 4.79 Å². The highest BCUT2D eigenvalue weighted by Crippen LogP contribution is 2.37. The van der Waals surface area contributed by atoms with E-state index >= 15 is 0 Å². The summed E-state index contributed by atoms with van der Waals surface area (Å²) in [5, 5.41) is 9.50. The van der Waals surface area contributed by atoms with Crippen molar-refractivity contribution in [3.05, 3.63) is 29.8 Å². The molecular formula is C15H21NO2S. The standard InChI is InChI=1S/C15H21NO2S/c1-15(2,3)16(10-14(17)18)9-12-8-11-6-4-5-7-13(11)19-12/h4-7,12H,8-10H2,1-3H3,(H,17,18). The number of carboxylic acid groups (broad SMARTS) is 1. The van der Waals surface area contributed by atoms with E-state index in [1.807, 2.05) is 11.8 Å². The van der Waals surface area contributed by atoms with Crippen LogP contribution >= 0.6 is 11.8 Å². The van der Waals surface area contributed by atoms with Crippen molar-refractivity contribution in [2.75, 3.05) is 13.1 Å². The number of carboxylic acids is 1. The van der Waals surface area contributed by atoms with Gasteiger partial charge in [-0.3, -0.25) is 9.69 Å². The maximum atomic E-state index is 11.0. The van der Waals surface area contributed by atoms with Crippen molar-refractivity contribution < 1.29 is 9.90 Å². The number of benzene rings is 1. The number of aliphatic carboxylic acids is 1. The van der Waals surface area contributed by atoms with Crippen LogP contribution in [0.1, 0.15) is 26.3 Å². The first-order chi connectivity index (χ1) is 8.86. The molecule has 1 N–H and O–H groups in total. The first-order valence-electron chi connectivity index (χ1n) is 6.57. The molecule has 0 amide bonds. The van der Waals surface area contributed by atoms with Gasteiger partial charge in [-0.05, 0) is 38.8 Å². The summed E-state index contributed by atoms with van der Waals surface area (Å²) in [6, 6.07) is 8.45. The van der Waals surface area contributed by atoms with E-state index in [4.69, 9.17) is 5.11 Å². The van der Waals surface area contributed by atoms with E-state index in [0.29, 0.717) is 5.25 Å². The quantitative estimate of drug-likeness (QED) is 0.920. The molecule has 1 aliphatic heterocycles. The second kappa shape index (κ2) is 5.55. The Morgan fingerprint density at radius 3 is 2.68 bits per heavy atom. The lowest BCUT2D eigenvalue weighted by molar-refractivity contribution is -0.139. The lowest BCUT2D eigenvalue weighted by atomic mass is 10.0. The summed E-state index contributed by atoms with van der Waals surface area (Å²) in [5.41, 5.74) is 1.27. The second-order valence-corrected chi connectivity index (χ2v) is 7.34. The van der Waals surface area contributed by atoms with E-state index in [1.54, 1.807) is 0 Å². The van der Waals surface area contributed by atoms with Gasteiger partial charge in [0.1, 0.15) is 0 Å². The number of fused-ring (bicyclic) bond motifs is 1. The van der Waals surface area contributed by atoms with Gasteiger partial charge in [-0.25, -0.2) is 0 Å². The van der Waals surface area contributed by atoms with Gasteiger partial charge >= 0.3 is 5.97 Å². The molecular weight excluding hydrogens is 258 g/mol. The Balaban J connectivity index is 2.02. The van der Waals surface area contributed by atoms with Gasteiger partial charge in [0.05, 0.1) is 6.54 Å². The minimum absolute atomic E-state index is 0.108. The van der Waals surface area contributed by atoms with Crippen LogP contribution in [-0.2, 0) is 11.2 Å². The van der Waals surface area contributed by atoms with Crippen LogP contribution in [0.4, 0.5) is 0 Å². The molecule has 2 rings (SSSR count). The summed E-state index contributed by atoms with van der Waals surface area (Å²) in [5.74, 6) is -0.754. The van der Waals surface area contributed by atoms with Crippen LogP contribution in [0.3, 0.4) is 0 Å². The summed E-state index contributed by atoms with van der Waals surface area (Å²) in [6.45, 7) is 7.14. The SMILES string of the molecule is CC(C)(C)N(CC(=O)O)CC1Cc2ccccc2S1. The Morgan fingerprint density at radius 2 is 2.11 bits per heavy atom.